The Kier molecular flexibility index (Phi) is 4.56. The summed E-state index contributed by atoms with van der Waals surface area (Å²) in [6.45, 7) is 2.26. The van der Waals surface area contributed by atoms with Gasteiger partial charge in [-0.2, -0.15) is 4.31 Å². The minimum absolute atomic E-state index is 0.0260. The summed E-state index contributed by atoms with van der Waals surface area (Å²) >= 11 is 0. The van der Waals surface area contributed by atoms with E-state index in [1.54, 1.807) is 6.07 Å². The molecule has 0 saturated carbocycles. The molecule has 0 bridgehead atoms. The predicted octanol–water partition coefficient (Wildman–Crippen LogP) is 1.77. The van der Waals surface area contributed by atoms with Gasteiger partial charge in [0.2, 0.25) is 15.9 Å². The van der Waals surface area contributed by atoms with Crippen molar-refractivity contribution >= 4 is 26.8 Å². The maximum Gasteiger partial charge on any atom is 0.245 e. The van der Waals surface area contributed by atoms with Gasteiger partial charge in [-0.3, -0.25) is 9.78 Å². The van der Waals surface area contributed by atoms with Crippen LogP contribution in [0.4, 0.5) is 0 Å². The van der Waals surface area contributed by atoms with E-state index in [0.29, 0.717) is 6.54 Å². The molecule has 1 aliphatic rings. The highest BCUT2D eigenvalue weighted by atomic mass is 32.2. The fraction of sp³-hybridized carbons (Fsp3) is 0.412. The van der Waals surface area contributed by atoms with Crippen molar-refractivity contribution in [1.82, 2.24) is 14.6 Å². The van der Waals surface area contributed by atoms with Crippen molar-refractivity contribution in [2.75, 3.05) is 13.6 Å². The van der Waals surface area contributed by atoms with E-state index < -0.39 is 16.1 Å². The third kappa shape index (κ3) is 2.89. The topological polar surface area (TPSA) is 79.4 Å². The Bertz CT molecular complexity index is 866. The summed E-state index contributed by atoms with van der Waals surface area (Å²) in [6.07, 6.45) is 2.95. The first-order chi connectivity index (χ1) is 11.4. The number of hydrogen-bond donors (Lipinski definition) is 1. The summed E-state index contributed by atoms with van der Waals surface area (Å²) in [4.78, 5) is 16.6. The molecular weight excluding hydrogens is 326 g/mol. The van der Waals surface area contributed by atoms with Crippen molar-refractivity contribution in [2.45, 2.75) is 30.7 Å². The average molecular weight is 347 g/mol. The van der Waals surface area contributed by atoms with E-state index >= 15 is 0 Å². The molecule has 3 rings (SSSR count). The zero-order valence-corrected chi connectivity index (χ0v) is 14.6. The van der Waals surface area contributed by atoms with Gasteiger partial charge in [-0.1, -0.05) is 25.1 Å². The van der Waals surface area contributed by atoms with Gasteiger partial charge < -0.3 is 5.32 Å². The number of nitrogens with one attached hydrogen (secondary N) is 1. The monoisotopic (exact) mass is 347 g/mol. The van der Waals surface area contributed by atoms with E-state index in [1.807, 2.05) is 31.2 Å². The van der Waals surface area contributed by atoms with E-state index in [-0.39, 0.29) is 16.7 Å². The molecule has 0 aliphatic carbocycles. The van der Waals surface area contributed by atoms with Crippen molar-refractivity contribution in [1.29, 1.82) is 0 Å². The van der Waals surface area contributed by atoms with Gasteiger partial charge in [0, 0.05) is 25.2 Å². The lowest BCUT2D eigenvalue weighted by Crippen LogP contribution is -2.54. The quantitative estimate of drug-likeness (QED) is 0.918. The maximum atomic E-state index is 13.1. The fourth-order valence-corrected chi connectivity index (χ4v) is 4.99. The van der Waals surface area contributed by atoms with Gasteiger partial charge in [0.05, 0.1) is 5.52 Å². The SMILES string of the molecule is CNC(=O)C1C(C)CCCN1S(=O)(=O)c1cnc2ccccc2c1. The first-order valence-electron chi connectivity index (χ1n) is 8.03. The molecule has 128 valence electrons. The van der Waals surface area contributed by atoms with Gasteiger partial charge in [0.25, 0.3) is 0 Å². The molecule has 0 spiro atoms. The molecule has 6 nitrogen and oxygen atoms in total. The van der Waals surface area contributed by atoms with Crippen LogP contribution in [0.15, 0.2) is 41.4 Å². The summed E-state index contributed by atoms with van der Waals surface area (Å²) in [5.41, 5.74) is 0.742. The van der Waals surface area contributed by atoms with E-state index in [9.17, 15) is 13.2 Å². The van der Waals surface area contributed by atoms with Crippen molar-refractivity contribution in [3.05, 3.63) is 36.5 Å². The van der Waals surface area contributed by atoms with Crippen molar-refractivity contribution in [2.24, 2.45) is 5.92 Å². The predicted molar refractivity (Wildman–Crippen MR) is 91.9 cm³/mol. The molecule has 1 saturated heterocycles. The molecule has 1 fully saturated rings. The number of para-hydroxylation sites is 1. The van der Waals surface area contributed by atoms with Crippen molar-refractivity contribution in [3.8, 4) is 0 Å². The molecule has 1 N–H and O–H groups in total. The van der Waals surface area contributed by atoms with Crippen LogP contribution in [-0.2, 0) is 14.8 Å². The number of amides is 1. The zero-order chi connectivity index (χ0) is 17.3. The number of sulfonamides is 1. The molecule has 1 aromatic carbocycles. The first-order valence-corrected chi connectivity index (χ1v) is 9.47. The van der Waals surface area contributed by atoms with Gasteiger partial charge in [0.15, 0.2) is 0 Å². The van der Waals surface area contributed by atoms with Gasteiger partial charge in [0.1, 0.15) is 10.9 Å². The molecular formula is C17H21N3O3S. The number of carbonyl (C=O) groups is 1. The number of pyridine rings is 1. The highest BCUT2D eigenvalue weighted by Gasteiger charge is 2.41. The lowest BCUT2D eigenvalue weighted by atomic mass is 9.92. The summed E-state index contributed by atoms with van der Waals surface area (Å²) in [5, 5.41) is 3.35. The van der Waals surface area contributed by atoms with Crippen LogP contribution in [-0.4, -0.2) is 43.2 Å². The molecule has 1 amide bonds. The average Bonchev–Trinajstić information content (AvgIpc) is 2.60. The number of likely N-dealkylation sites (N-methyl/N-ethyl adjacent to an activating group) is 1. The summed E-state index contributed by atoms with van der Waals surface area (Å²) < 4.78 is 27.6. The molecule has 0 radical (unpaired) electrons. The number of rotatable bonds is 3. The Morgan fingerprint density at radius 2 is 2.08 bits per heavy atom. The zero-order valence-electron chi connectivity index (χ0n) is 13.8. The van der Waals surface area contributed by atoms with Crippen LogP contribution in [0.25, 0.3) is 10.9 Å². The molecule has 1 aromatic heterocycles. The number of aromatic nitrogens is 1. The number of piperidine rings is 1. The molecule has 7 heteroatoms. The lowest BCUT2D eigenvalue weighted by molar-refractivity contribution is -0.126. The van der Waals surface area contributed by atoms with E-state index in [1.165, 1.54) is 17.5 Å². The van der Waals surface area contributed by atoms with E-state index in [0.717, 1.165) is 23.7 Å². The molecule has 2 unspecified atom stereocenters. The Hall–Kier alpha value is -1.99. The minimum Gasteiger partial charge on any atom is -0.358 e. The lowest BCUT2D eigenvalue weighted by Gasteiger charge is -2.37. The first kappa shape index (κ1) is 16.9. The van der Waals surface area contributed by atoms with Gasteiger partial charge in [-0.05, 0) is 30.9 Å². The van der Waals surface area contributed by atoms with Crippen LogP contribution in [0.1, 0.15) is 19.8 Å². The second kappa shape index (κ2) is 6.49. The molecule has 2 atom stereocenters. The van der Waals surface area contributed by atoms with Gasteiger partial charge in [-0.25, -0.2) is 8.42 Å². The van der Waals surface area contributed by atoms with Crippen molar-refractivity contribution in [3.63, 3.8) is 0 Å². The van der Waals surface area contributed by atoms with E-state index in [4.69, 9.17) is 0 Å². The minimum atomic E-state index is -3.78. The van der Waals surface area contributed by atoms with Crippen LogP contribution >= 0.6 is 0 Å². The number of hydrogen-bond acceptors (Lipinski definition) is 4. The third-order valence-electron chi connectivity index (χ3n) is 4.57. The van der Waals surface area contributed by atoms with Crippen LogP contribution in [0.3, 0.4) is 0 Å². The smallest absolute Gasteiger partial charge is 0.245 e. The Morgan fingerprint density at radius 1 is 1.33 bits per heavy atom. The number of carbonyl (C=O) groups excluding carboxylic acids is 1. The van der Waals surface area contributed by atoms with Crippen LogP contribution in [0.2, 0.25) is 0 Å². The third-order valence-corrected chi connectivity index (χ3v) is 6.42. The Morgan fingerprint density at radius 3 is 2.83 bits per heavy atom. The van der Waals surface area contributed by atoms with Crippen LogP contribution in [0, 0.1) is 5.92 Å². The normalized spacial score (nSPS) is 22.4. The summed E-state index contributed by atoms with van der Waals surface area (Å²) in [7, 11) is -2.25. The molecule has 1 aliphatic heterocycles. The summed E-state index contributed by atoms with van der Waals surface area (Å²) in [5.74, 6) is -0.290. The number of nitrogens with zero attached hydrogens (tertiary/aromatic N) is 2. The molecule has 2 aromatic rings. The van der Waals surface area contributed by atoms with Crippen molar-refractivity contribution < 1.29 is 13.2 Å². The largest absolute Gasteiger partial charge is 0.358 e. The van der Waals surface area contributed by atoms with Gasteiger partial charge in [-0.15, -0.1) is 0 Å². The highest BCUT2D eigenvalue weighted by molar-refractivity contribution is 7.89. The maximum absolute atomic E-state index is 13.1. The van der Waals surface area contributed by atoms with Crippen LogP contribution < -0.4 is 5.32 Å². The summed E-state index contributed by atoms with van der Waals surface area (Å²) in [6, 6.07) is 8.31. The van der Waals surface area contributed by atoms with E-state index in [2.05, 4.69) is 10.3 Å². The molecule has 2 heterocycles. The number of fused-ring (bicyclic) bond motifs is 1. The second-order valence-corrected chi connectivity index (χ2v) is 8.05. The van der Waals surface area contributed by atoms with Gasteiger partial charge >= 0.3 is 0 Å². The standard InChI is InChI=1S/C17H21N3O3S/c1-12-6-5-9-20(16(12)17(21)18-2)24(22,23)14-10-13-7-3-4-8-15(13)19-11-14/h3-4,7-8,10-12,16H,5-6,9H2,1-2H3,(H,18,21). The fourth-order valence-electron chi connectivity index (χ4n) is 3.28. The Balaban J connectivity index is 2.04. The number of benzene rings is 1. The van der Waals surface area contributed by atoms with Crippen LogP contribution in [0.5, 0.6) is 0 Å². The molecule has 24 heavy (non-hydrogen) atoms. The Labute approximate surface area is 141 Å². The highest BCUT2D eigenvalue weighted by Crippen LogP contribution is 2.30. The second-order valence-electron chi connectivity index (χ2n) is 6.16.